The molecule has 0 aliphatic carbocycles. The summed E-state index contributed by atoms with van der Waals surface area (Å²) >= 11 is 0. The third-order valence-corrected chi connectivity index (χ3v) is 2.49. The molecule has 0 saturated carbocycles. The molecule has 0 aliphatic rings. The average molecular weight is 220 g/mol. The van der Waals surface area contributed by atoms with Crippen LogP contribution in [0.3, 0.4) is 0 Å². The van der Waals surface area contributed by atoms with Crippen molar-refractivity contribution in [3.63, 3.8) is 0 Å². The van der Waals surface area contributed by atoms with Gasteiger partial charge in [-0.15, -0.1) is 5.10 Å². The predicted molar refractivity (Wildman–Crippen MR) is 62.5 cm³/mol. The maximum atomic E-state index is 8.81. The monoisotopic (exact) mass is 220 g/mol. The molecule has 0 fully saturated rings. The summed E-state index contributed by atoms with van der Waals surface area (Å²) in [6, 6.07) is 6.04. The van der Waals surface area contributed by atoms with Gasteiger partial charge in [0.1, 0.15) is 0 Å². The second kappa shape index (κ2) is 4.49. The lowest BCUT2D eigenvalue weighted by Crippen LogP contribution is -2.17. The Morgan fingerprint density at radius 1 is 1.50 bits per heavy atom. The van der Waals surface area contributed by atoms with Crippen molar-refractivity contribution in [1.82, 2.24) is 14.6 Å². The van der Waals surface area contributed by atoms with Gasteiger partial charge in [-0.25, -0.2) is 4.52 Å². The zero-order valence-corrected chi connectivity index (χ0v) is 9.51. The van der Waals surface area contributed by atoms with Crippen LogP contribution in [0.4, 0.5) is 5.95 Å². The van der Waals surface area contributed by atoms with Crippen LogP contribution in [-0.2, 0) is 0 Å². The Labute approximate surface area is 94.1 Å². The number of aryl methyl sites for hydroxylation is 1. The fourth-order valence-electron chi connectivity index (χ4n) is 1.58. The molecule has 5 heteroatoms. The van der Waals surface area contributed by atoms with Crippen molar-refractivity contribution in [1.29, 1.82) is 0 Å². The van der Waals surface area contributed by atoms with E-state index in [1.165, 1.54) is 0 Å². The molecule has 1 atom stereocenters. The molecule has 2 heterocycles. The van der Waals surface area contributed by atoms with E-state index >= 15 is 0 Å². The minimum Gasteiger partial charge on any atom is -0.396 e. The van der Waals surface area contributed by atoms with Crippen LogP contribution in [-0.4, -0.2) is 32.4 Å². The summed E-state index contributed by atoms with van der Waals surface area (Å²) in [6.07, 6.45) is 0.689. The van der Waals surface area contributed by atoms with Gasteiger partial charge in [-0.1, -0.05) is 6.07 Å². The van der Waals surface area contributed by atoms with Crippen LogP contribution in [0.1, 0.15) is 19.0 Å². The molecule has 16 heavy (non-hydrogen) atoms. The highest BCUT2D eigenvalue weighted by atomic mass is 16.3. The van der Waals surface area contributed by atoms with Gasteiger partial charge in [0, 0.05) is 18.3 Å². The highest BCUT2D eigenvalue weighted by molar-refractivity contribution is 5.44. The summed E-state index contributed by atoms with van der Waals surface area (Å²) in [4.78, 5) is 4.35. The third-order valence-electron chi connectivity index (χ3n) is 2.49. The van der Waals surface area contributed by atoms with Gasteiger partial charge in [-0.3, -0.25) is 0 Å². The van der Waals surface area contributed by atoms with E-state index in [0.29, 0.717) is 12.4 Å². The van der Waals surface area contributed by atoms with Gasteiger partial charge in [-0.05, 0) is 32.4 Å². The summed E-state index contributed by atoms with van der Waals surface area (Å²) in [5.41, 5.74) is 1.88. The topological polar surface area (TPSA) is 62.5 Å². The van der Waals surface area contributed by atoms with Crippen molar-refractivity contribution < 1.29 is 5.11 Å². The molecule has 0 bridgehead atoms. The molecular weight excluding hydrogens is 204 g/mol. The first-order valence-electron chi connectivity index (χ1n) is 5.40. The van der Waals surface area contributed by atoms with E-state index in [-0.39, 0.29) is 12.6 Å². The summed E-state index contributed by atoms with van der Waals surface area (Å²) in [7, 11) is 0. The van der Waals surface area contributed by atoms with Crippen LogP contribution in [0.5, 0.6) is 0 Å². The number of nitrogens with zero attached hydrogens (tertiary/aromatic N) is 3. The number of hydrogen-bond acceptors (Lipinski definition) is 4. The van der Waals surface area contributed by atoms with Crippen LogP contribution < -0.4 is 5.32 Å². The second-order valence-electron chi connectivity index (χ2n) is 3.93. The largest absolute Gasteiger partial charge is 0.396 e. The number of aromatic nitrogens is 3. The number of nitrogens with one attached hydrogen (secondary N) is 1. The van der Waals surface area contributed by atoms with Gasteiger partial charge < -0.3 is 10.4 Å². The second-order valence-corrected chi connectivity index (χ2v) is 3.93. The number of anilines is 1. The molecule has 2 rings (SSSR count). The van der Waals surface area contributed by atoms with E-state index in [9.17, 15) is 0 Å². The van der Waals surface area contributed by atoms with Crippen LogP contribution in [0, 0.1) is 6.92 Å². The van der Waals surface area contributed by atoms with Gasteiger partial charge in [0.25, 0.3) is 0 Å². The normalized spacial score (nSPS) is 12.9. The molecule has 1 unspecified atom stereocenters. The zero-order valence-electron chi connectivity index (χ0n) is 9.51. The third kappa shape index (κ3) is 2.14. The summed E-state index contributed by atoms with van der Waals surface area (Å²) in [6.45, 7) is 4.15. The molecule has 2 aromatic rings. The van der Waals surface area contributed by atoms with E-state index in [0.717, 1.165) is 11.3 Å². The molecule has 0 amide bonds. The minimum absolute atomic E-state index is 0.167. The number of aliphatic hydroxyl groups excluding tert-OH is 1. The first-order valence-corrected chi connectivity index (χ1v) is 5.40. The van der Waals surface area contributed by atoms with E-state index in [4.69, 9.17) is 5.11 Å². The van der Waals surface area contributed by atoms with Crippen LogP contribution in [0.15, 0.2) is 18.2 Å². The maximum absolute atomic E-state index is 8.81. The van der Waals surface area contributed by atoms with Gasteiger partial charge in [0.2, 0.25) is 5.95 Å². The Hall–Kier alpha value is -1.62. The standard InChI is InChI=1S/C11H16N4O/c1-8(6-7-16)12-11-13-10-5-3-4-9(2)15(10)14-11/h3-5,8,16H,6-7H2,1-2H3,(H,12,14). The van der Waals surface area contributed by atoms with Crippen molar-refractivity contribution in [2.24, 2.45) is 0 Å². The Balaban J connectivity index is 2.23. The first kappa shape index (κ1) is 10.9. The number of hydrogen-bond donors (Lipinski definition) is 2. The van der Waals surface area contributed by atoms with Crippen LogP contribution >= 0.6 is 0 Å². The molecule has 86 valence electrons. The molecule has 0 saturated heterocycles. The maximum Gasteiger partial charge on any atom is 0.243 e. The molecule has 5 nitrogen and oxygen atoms in total. The molecule has 2 aromatic heterocycles. The summed E-state index contributed by atoms with van der Waals surface area (Å²) in [5.74, 6) is 0.607. The summed E-state index contributed by atoms with van der Waals surface area (Å²) in [5, 5.41) is 16.3. The van der Waals surface area contributed by atoms with E-state index in [2.05, 4.69) is 15.4 Å². The number of rotatable bonds is 4. The highest BCUT2D eigenvalue weighted by Crippen LogP contribution is 2.09. The van der Waals surface area contributed by atoms with Gasteiger partial charge >= 0.3 is 0 Å². The lowest BCUT2D eigenvalue weighted by atomic mass is 10.2. The highest BCUT2D eigenvalue weighted by Gasteiger charge is 2.07. The van der Waals surface area contributed by atoms with E-state index in [1.807, 2.05) is 32.0 Å². The van der Waals surface area contributed by atoms with E-state index < -0.39 is 0 Å². The van der Waals surface area contributed by atoms with Crippen molar-refractivity contribution >= 4 is 11.6 Å². The van der Waals surface area contributed by atoms with Crippen molar-refractivity contribution in [3.8, 4) is 0 Å². The minimum atomic E-state index is 0.167. The molecule has 0 spiro atoms. The molecule has 2 N–H and O–H groups in total. The fraction of sp³-hybridized carbons (Fsp3) is 0.455. The van der Waals surface area contributed by atoms with Crippen LogP contribution in [0.25, 0.3) is 5.65 Å². The first-order chi connectivity index (χ1) is 7.70. The fourth-order valence-corrected chi connectivity index (χ4v) is 1.58. The summed E-state index contributed by atoms with van der Waals surface area (Å²) < 4.78 is 1.80. The predicted octanol–water partition coefficient (Wildman–Crippen LogP) is 1.22. The lowest BCUT2D eigenvalue weighted by Gasteiger charge is -2.09. The molecule has 0 aromatic carbocycles. The van der Waals surface area contributed by atoms with Gasteiger partial charge in [-0.2, -0.15) is 4.98 Å². The zero-order chi connectivity index (χ0) is 11.5. The molecule has 0 radical (unpaired) electrons. The van der Waals surface area contributed by atoms with E-state index in [1.54, 1.807) is 4.52 Å². The smallest absolute Gasteiger partial charge is 0.243 e. The number of fused-ring (bicyclic) bond motifs is 1. The van der Waals surface area contributed by atoms with Crippen LogP contribution in [0.2, 0.25) is 0 Å². The van der Waals surface area contributed by atoms with Gasteiger partial charge in [0.05, 0.1) is 0 Å². The van der Waals surface area contributed by atoms with Crippen molar-refractivity contribution in [2.75, 3.05) is 11.9 Å². The quantitative estimate of drug-likeness (QED) is 0.813. The Morgan fingerprint density at radius 2 is 2.31 bits per heavy atom. The lowest BCUT2D eigenvalue weighted by molar-refractivity contribution is 0.282. The van der Waals surface area contributed by atoms with Crippen molar-refractivity contribution in [3.05, 3.63) is 23.9 Å². The average Bonchev–Trinajstić information content (AvgIpc) is 2.62. The SMILES string of the molecule is Cc1cccc2nc(NC(C)CCO)nn12. The van der Waals surface area contributed by atoms with Crippen molar-refractivity contribution in [2.45, 2.75) is 26.3 Å². The Bertz CT molecular complexity index is 480. The Kier molecular flexibility index (Phi) is 3.05. The Morgan fingerprint density at radius 3 is 3.00 bits per heavy atom. The molecule has 0 aliphatic heterocycles. The number of aliphatic hydroxyl groups is 1. The molecular formula is C11H16N4O. The number of pyridine rings is 1. The van der Waals surface area contributed by atoms with Gasteiger partial charge in [0.15, 0.2) is 5.65 Å².